The van der Waals surface area contributed by atoms with Crippen molar-refractivity contribution in [2.45, 2.75) is 91.3 Å². The number of hydrogen-bond acceptors (Lipinski definition) is 25. The predicted octanol–water partition coefficient (Wildman–Crippen LogP) is -1.02. The number of carbonyl (C=O) groups is 12. The highest BCUT2D eigenvalue weighted by Gasteiger charge is 2.24. The SMILES string of the molecule is CC(C)(C)OC(=O)COCC(=O)CCCOCCOCC(=O)NCCOCCOCC(=O)CCCN1C(=O)C=CC1=O.CC(C)(C)OC(=O)COCC(=O)CCCOCCOCC(=O)NCCOCCOCC(=O)O.NCCN1C(=O)C=CC1=O. The summed E-state index contributed by atoms with van der Waals surface area (Å²) in [5.74, 6) is -4.33. The molecule has 0 aromatic rings. The van der Waals surface area contributed by atoms with Crippen molar-refractivity contribution < 1.29 is 119 Å². The molecule has 0 aliphatic carbocycles. The van der Waals surface area contributed by atoms with Crippen molar-refractivity contribution in [3.05, 3.63) is 24.3 Å². The molecule has 484 valence electrons. The summed E-state index contributed by atoms with van der Waals surface area (Å²) in [6.45, 7) is 13.5. The molecule has 30 nitrogen and oxygen atoms in total. The number of ether oxygens (including phenoxy) is 12. The van der Waals surface area contributed by atoms with E-state index in [4.69, 9.17) is 67.7 Å². The lowest BCUT2D eigenvalue weighted by molar-refractivity contribution is -0.161. The Labute approximate surface area is 495 Å². The van der Waals surface area contributed by atoms with Crippen LogP contribution in [-0.4, -0.2) is 262 Å². The second-order valence-corrected chi connectivity index (χ2v) is 20.0. The lowest BCUT2D eigenvalue weighted by Crippen LogP contribution is -2.34. The number of carboxylic acid groups (broad SMARTS) is 1. The van der Waals surface area contributed by atoms with Gasteiger partial charge in [0.25, 0.3) is 23.6 Å². The van der Waals surface area contributed by atoms with Gasteiger partial charge < -0.3 is 78.3 Å². The van der Waals surface area contributed by atoms with Gasteiger partial charge in [0.2, 0.25) is 11.8 Å². The Bertz CT molecular complexity index is 2070. The van der Waals surface area contributed by atoms with E-state index in [2.05, 4.69) is 10.6 Å². The van der Waals surface area contributed by atoms with Gasteiger partial charge in [-0.2, -0.15) is 0 Å². The third-order valence-corrected chi connectivity index (χ3v) is 9.87. The second kappa shape index (κ2) is 48.9. The van der Waals surface area contributed by atoms with Crippen molar-refractivity contribution in [3.8, 4) is 0 Å². The molecule has 0 radical (unpaired) electrons. The third-order valence-electron chi connectivity index (χ3n) is 9.87. The van der Waals surface area contributed by atoms with Crippen molar-refractivity contribution in [1.29, 1.82) is 0 Å². The van der Waals surface area contributed by atoms with Crippen LogP contribution >= 0.6 is 0 Å². The molecule has 5 N–H and O–H groups in total. The molecule has 85 heavy (non-hydrogen) atoms. The number of nitrogens with two attached hydrogens (primary N) is 1. The number of imide groups is 2. The largest absolute Gasteiger partial charge is 0.480 e. The van der Waals surface area contributed by atoms with Gasteiger partial charge in [-0.25, -0.2) is 14.4 Å². The fourth-order valence-electron chi connectivity index (χ4n) is 6.25. The summed E-state index contributed by atoms with van der Waals surface area (Å²) in [7, 11) is 0. The number of amides is 6. The monoisotopic (exact) mass is 1220 g/mol. The number of hydrogen-bond donors (Lipinski definition) is 4. The Morgan fingerprint density at radius 3 is 1.09 bits per heavy atom. The first-order valence-electron chi connectivity index (χ1n) is 27.6. The molecule has 0 spiro atoms. The van der Waals surface area contributed by atoms with Crippen molar-refractivity contribution in [3.63, 3.8) is 0 Å². The van der Waals surface area contributed by atoms with Gasteiger partial charge in [0.15, 0.2) is 17.3 Å². The second-order valence-electron chi connectivity index (χ2n) is 20.0. The normalized spacial score (nSPS) is 12.8. The minimum atomic E-state index is -1.04. The molecule has 2 rings (SSSR count). The summed E-state index contributed by atoms with van der Waals surface area (Å²) < 4.78 is 61.9. The number of carbonyl (C=O) groups excluding carboxylic acids is 11. The third kappa shape index (κ3) is 49.6. The number of aliphatic carboxylic acids is 1. The topological polar surface area (TPSA) is 392 Å². The molecule has 0 aromatic carbocycles. The van der Waals surface area contributed by atoms with Crippen LogP contribution < -0.4 is 16.4 Å². The molecule has 0 fully saturated rings. The van der Waals surface area contributed by atoms with E-state index in [0.29, 0.717) is 52.1 Å². The Morgan fingerprint density at radius 2 is 0.729 bits per heavy atom. The van der Waals surface area contributed by atoms with Crippen molar-refractivity contribution >= 4 is 70.7 Å². The average Bonchev–Trinajstić information content (AvgIpc) is 4.21. The van der Waals surface area contributed by atoms with E-state index in [0.717, 1.165) is 9.80 Å². The van der Waals surface area contributed by atoms with E-state index in [-0.39, 0.29) is 204 Å². The highest BCUT2D eigenvalue weighted by atomic mass is 16.6. The molecule has 0 aromatic heterocycles. The predicted molar refractivity (Wildman–Crippen MR) is 297 cm³/mol. The van der Waals surface area contributed by atoms with Crippen LogP contribution in [0.3, 0.4) is 0 Å². The van der Waals surface area contributed by atoms with Gasteiger partial charge >= 0.3 is 17.9 Å². The quantitative estimate of drug-likeness (QED) is 0.0322. The van der Waals surface area contributed by atoms with Crippen LogP contribution in [0.15, 0.2) is 24.3 Å². The summed E-state index contributed by atoms with van der Waals surface area (Å²) in [5, 5.41) is 13.6. The van der Waals surface area contributed by atoms with Gasteiger partial charge in [0.1, 0.15) is 64.1 Å². The standard InChI is InChI=1S/C28H44N2O12.C21H37NO11.C6H8N2O2/c1-28(2,3)42-27(36)21-41-19-23(32)7-5-12-37-14-17-40-20-24(33)29-10-13-38-15-16-39-18-22(31)6-4-11-30-25(34)8-9-26(30)35;1-21(2,3)33-20(27)16-32-13-17(23)5-4-7-28-9-11-30-14-18(24)22-6-8-29-10-12-31-15-19(25)26;7-3-4-8-5(9)1-2-6(8)10/h8-9H,4-7,10-21H2,1-3H3,(H,29,33);4-16H2,1-3H3,(H,22,24)(H,25,26);1-2H,3-4,7H2. The van der Waals surface area contributed by atoms with Crippen molar-refractivity contribution in [1.82, 2.24) is 20.4 Å². The maximum absolute atomic E-state index is 11.8. The number of carboxylic acids is 1. The van der Waals surface area contributed by atoms with E-state index >= 15 is 0 Å². The molecule has 0 atom stereocenters. The van der Waals surface area contributed by atoms with Crippen LogP contribution in [0.2, 0.25) is 0 Å². The van der Waals surface area contributed by atoms with Crippen LogP contribution in [0.4, 0.5) is 0 Å². The lowest BCUT2D eigenvalue weighted by Gasteiger charge is -2.19. The minimum absolute atomic E-state index is 0.0776. The molecule has 0 saturated heterocycles. The molecule has 0 bridgehead atoms. The molecule has 2 aliphatic heterocycles. The summed E-state index contributed by atoms with van der Waals surface area (Å²) in [5.41, 5.74) is 3.97. The number of esters is 2. The average molecular weight is 1220 g/mol. The Morgan fingerprint density at radius 1 is 0.412 bits per heavy atom. The van der Waals surface area contributed by atoms with E-state index < -0.39 is 29.1 Å². The summed E-state index contributed by atoms with van der Waals surface area (Å²) in [6, 6.07) is 0. The van der Waals surface area contributed by atoms with Gasteiger partial charge in [-0.15, -0.1) is 0 Å². The summed E-state index contributed by atoms with van der Waals surface area (Å²) >= 11 is 0. The van der Waals surface area contributed by atoms with Crippen LogP contribution in [0.5, 0.6) is 0 Å². The zero-order valence-corrected chi connectivity index (χ0v) is 49.9. The number of ketones is 3. The fourth-order valence-corrected chi connectivity index (χ4v) is 6.25. The highest BCUT2D eigenvalue weighted by Crippen LogP contribution is 2.09. The van der Waals surface area contributed by atoms with Gasteiger partial charge in [-0.1, -0.05) is 0 Å². The van der Waals surface area contributed by atoms with Crippen LogP contribution in [0.25, 0.3) is 0 Å². The zero-order valence-electron chi connectivity index (χ0n) is 49.9. The van der Waals surface area contributed by atoms with E-state index in [1.54, 1.807) is 41.5 Å². The maximum Gasteiger partial charge on any atom is 0.332 e. The number of Topliss-reactive ketones (excluding diaryl/α,β-unsaturated/α-hetero) is 3. The van der Waals surface area contributed by atoms with Crippen LogP contribution in [0.1, 0.15) is 80.1 Å². The number of rotatable bonds is 48. The van der Waals surface area contributed by atoms with E-state index in [1.807, 2.05) is 0 Å². The lowest BCUT2D eigenvalue weighted by atomic mass is 10.2. The molecular weight excluding hydrogens is 1130 g/mol. The van der Waals surface area contributed by atoms with Gasteiger partial charge in [-0.05, 0) is 60.8 Å². The Balaban J connectivity index is 0.00000145. The molecule has 2 heterocycles. The molecular formula is C55H89N5O25. The maximum atomic E-state index is 11.8. The first-order valence-corrected chi connectivity index (χ1v) is 27.6. The smallest absolute Gasteiger partial charge is 0.332 e. The van der Waals surface area contributed by atoms with E-state index in [9.17, 15) is 57.5 Å². The van der Waals surface area contributed by atoms with Gasteiger partial charge in [-0.3, -0.25) is 53.0 Å². The van der Waals surface area contributed by atoms with Gasteiger partial charge in [0, 0.05) is 89.5 Å². The highest BCUT2D eigenvalue weighted by molar-refractivity contribution is 6.13. The Hall–Kier alpha value is -6.32. The molecule has 2 aliphatic rings. The van der Waals surface area contributed by atoms with Crippen molar-refractivity contribution in [2.75, 3.05) is 165 Å². The van der Waals surface area contributed by atoms with Gasteiger partial charge in [0.05, 0.1) is 66.1 Å². The molecule has 30 heteroatoms. The fraction of sp³-hybridized carbons (Fsp3) is 0.709. The van der Waals surface area contributed by atoms with E-state index in [1.165, 1.54) is 24.3 Å². The summed E-state index contributed by atoms with van der Waals surface area (Å²) in [4.78, 5) is 138. The van der Waals surface area contributed by atoms with Crippen molar-refractivity contribution in [2.24, 2.45) is 5.73 Å². The number of nitrogens with zero attached hydrogens (tertiary/aromatic N) is 2. The first-order chi connectivity index (χ1) is 40.3. The zero-order chi connectivity index (χ0) is 63.7. The first kappa shape index (κ1) is 78.7. The molecule has 0 saturated carbocycles. The molecule has 0 unspecified atom stereocenters. The molecule has 6 amide bonds. The van der Waals surface area contributed by atoms with Crippen LogP contribution in [0, 0.1) is 0 Å². The Kier molecular flexibility index (Phi) is 45.2. The van der Waals surface area contributed by atoms with Crippen LogP contribution in [-0.2, 0) is 114 Å². The minimum Gasteiger partial charge on any atom is -0.480 e. The number of nitrogens with one attached hydrogen (secondary N) is 2. The summed E-state index contributed by atoms with van der Waals surface area (Å²) in [6.07, 6.45) is 7.03.